The van der Waals surface area contributed by atoms with Crippen molar-refractivity contribution in [3.8, 4) is 0 Å². The summed E-state index contributed by atoms with van der Waals surface area (Å²) in [5, 5.41) is 0. The van der Waals surface area contributed by atoms with Gasteiger partial charge in [0.05, 0.1) is 13.2 Å². The molecule has 1 saturated carbocycles. The van der Waals surface area contributed by atoms with Gasteiger partial charge in [0.2, 0.25) is 0 Å². The number of ether oxygens (including phenoxy) is 2. The minimum Gasteiger partial charge on any atom is -0.348 e. The number of ketones is 1. The average Bonchev–Trinajstić information content (AvgIpc) is 2.78. The maximum absolute atomic E-state index is 11.8. The molecule has 1 aliphatic heterocycles. The van der Waals surface area contributed by atoms with Crippen molar-refractivity contribution in [2.45, 2.75) is 32.0 Å². The fourth-order valence-corrected chi connectivity index (χ4v) is 3.04. The zero-order valence-electron chi connectivity index (χ0n) is 8.99. The topological polar surface area (TPSA) is 35.5 Å². The Hall–Kier alpha value is -0.670. The smallest absolute Gasteiger partial charge is 0.169 e. The third-order valence-corrected chi connectivity index (χ3v) is 4.23. The first-order valence-electron chi connectivity index (χ1n) is 5.65. The molecular weight excluding hydrogens is 192 g/mol. The predicted molar refractivity (Wildman–Crippen MR) is 54.2 cm³/mol. The largest absolute Gasteiger partial charge is 0.348 e. The number of allylic oxidation sites excluding steroid dienone is 2. The summed E-state index contributed by atoms with van der Waals surface area (Å²) in [5.41, 5.74) is -0.180. The summed E-state index contributed by atoms with van der Waals surface area (Å²) in [4.78, 5) is 11.8. The molecule has 1 saturated heterocycles. The molecule has 0 radical (unpaired) electrons. The van der Waals surface area contributed by atoms with Gasteiger partial charge in [-0.1, -0.05) is 13.0 Å². The zero-order chi connectivity index (χ0) is 10.5. The van der Waals surface area contributed by atoms with E-state index in [9.17, 15) is 4.79 Å². The van der Waals surface area contributed by atoms with Gasteiger partial charge in [-0.3, -0.25) is 4.79 Å². The molecule has 3 rings (SSSR count). The van der Waals surface area contributed by atoms with Gasteiger partial charge in [0, 0.05) is 18.3 Å². The molecule has 3 nitrogen and oxygen atoms in total. The fourth-order valence-electron chi connectivity index (χ4n) is 3.04. The van der Waals surface area contributed by atoms with Crippen LogP contribution in [0.4, 0.5) is 0 Å². The molecule has 1 spiro atoms. The van der Waals surface area contributed by atoms with Gasteiger partial charge in [0.25, 0.3) is 0 Å². The number of hydrogen-bond acceptors (Lipinski definition) is 3. The van der Waals surface area contributed by atoms with Crippen LogP contribution < -0.4 is 0 Å². The maximum Gasteiger partial charge on any atom is 0.169 e. The molecule has 0 amide bonds. The van der Waals surface area contributed by atoms with Crippen LogP contribution in [0.5, 0.6) is 0 Å². The van der Waals surface area contributed by atoms with Crippen LogP contribution in [-0.4, -0.2) is 24.8 Å². The van der Waals surface area contributed by atoms with Gasteiger partial charge in [0.1, 0.15) is 0 Å². The van der Waals surface area contributed by atoms with Crippen LogP contribution in [0.25, 0.3) is 0 Å². The molecule has 0 aromatic carbocycles. The molecule has 2 fully saturated rings. The summed E-state index contributed by atoms with van der Waals surface area (Å²) in [5.74, 6) is 0.205. The first kappa shape index (κ1) is 9.55. The highest BCUT2D eigenvalue weighted by atomic mass is 16.7. The van der Waals surface area contributed by atoms with E-state index in [4.69, 9.17) is 9.47 Å². The molecule has 82 valence electrons. The van der Waals surface area contributed by atoms with Gasteiger partial charge in [-0.25, -0.2) is 0 Å². The Bertz CT molecular complexity index is 328. The molecule has 0 N–H and O–H groups in total. The normalized spacial score (nSPS) is 42.5. The van der Waals surface area contributed by atoms with Gasteiger partial charge < -0.3 is 9.47 Å². The van der Waals surface area contributed by atoms with Crippen LogP contribution >= 0.6 is 0 Å². The van der Waals surface area contributed by atoms with E-state index >= 15 is 0 Å². The van der Waals surface area contributed by atoms with E-state index in [1.54, 1.807) is 6.08 Å². The Labute approximate surface area is 89.4 Å². The van der Waals surface area contributed by atoms with Crippen LogP contribution in [-0.2, 0) is 14.3 Å². The van der Waals surface area contributed by atoms with Crippen molar-refractivity contribution in [1.29, 1.82) is 0 Å². The molecule has 0 aromatic heterocycles. The molecule has 1 unspecified atom stereocenters. The van der Waals surface area contributed by atoms with E-state index in [0.29, 0.717) is 19.1 Å². The second-order valence-electron chi connectivity index (χ2n) is 5.06. The van der Waals surface area contributed by atoms with Crippen molar-refractivity contribution in [2.24, 2.45) is 11.3 Å². The molecule has 3 aliphatic rings. The number of carbonyl (C=O) groups is 1. The van der Waals surface area contributed by atoms with E-state index in [2.05, 4.69) is 6.92 Å². The third-order valence-electron chi connectivity index (χ3n) is 4.23. The average molecular weight is 208 g/mol. The third kappa shape index (κ3) is 1.23. The van der Waals surface area contributed by atoms with Crippen LogP contribution in [0, 0.1) is 11.3 Å². The van der Waals surface area contributed by atoms with E-state index in [-0.39, 0.29) is 17.0 Å². The summed E-state index contributed by atoms with van der Waals surface area (Å²) in [7, 11) is 0. The van der Waals surface area contributed by atoms with Crippen LogP contribution in [0.1, 0.15) is 26.2 Å². The number of rotatable bonds is 0. The quantitative estimate of drug-likeness (QED) is 0.607. The van der Waals surface area contributed by atoms with Crippen molar-refractivity contribution < 1.29 is 14.3 Å². The summed E-state index contributed by atoms with van der Waals surface area (Å²) >= 11 is 0. The van der Waals surface area contributed by atoms with Crippen LogP contribution in [0.2, 0.25) is 0 Å². The van der Waals surface area contributed by atoms with Crippen LogP contribution in [0.15, 0.2) is 12.2 Å². The molecule has 1 heterocycles. The van der Waals surface area contributed by atoms with E-state index in [1.165, 1.54) is 0 Å². The Kier molecular flexibility index (Phi) is 1.86. The maximum atomic E-state index is 11.8. The Balaban J connectivity index is 1.85. The highest BCUT2D eigenvalue weighted by Gasteiger charge is 2.53. The number of fused-ring (bicyclic) bond motifs is 1. The van der Waals surface area contributed by atoms with Gasteiger partial charge in [-0.15, -0.1) is 0 Å². The summed E-state index contributed by atoms with van der Waals surface area (Å²) in [6.45, 7) is 3.46. The Morgan fingerprint density at radius 1 is 1.33 bits per heavy atom. The molecular formula is C12H16O3. The standard InChI is InChI=1S/C12H16O3/c1-11-4-5-12(14-6-7-15-12)8-9(11)2-3-10(11)13/h2-3,9H,4-8H2,1H3/t9-,11?/m0/s1. The van der Waals surface area contributed by atoms with Crippen molar-refractivity contribution in [3.63, 3.8) is 0 Å². The molecule has 15 heavy (non-hydrogen) atoms. The molecule has 2 atom stereocenters. The second kappa shape index (κ2) is 2.92. The van der Waals surface area contributed by atoms with E-state index in [0.717, 1.165) is 19.3 Å². The molecule has 0 aromatic rings. The monoisotopic (exact) mass is 208 g/mol. The number of hydrogen-bond donors (Lipinski definition) is 0. The summed E-state index contributed by atoms with van der Waals surface area (Å²) < 4.78 is 11.4. The predicted octanol–water partition coefficient (Wildman–Crippen LogP) is 1.67. The van der Waals surface area contributed by atoms with Crippen molar-refractivity contribution in [1.82, 2.24) is 0 Å². The fraction of sp³-hybridized carbons (Fsp3) is 0.750. The van der Waals surface area contributed by atoms with Crippen LogP contribution in [0.3, 0.4) is 0 Å². The van der Waals surface area contributed by atoms with Gasteiger partial charge >= 0.3 is 0 Å². The Morgan fingerprint density at radius 3 is 2.80 bits per heavy atom. The second-order valence-corrected chi connectivity index (χ2v) is 5.06. The molecule has 3 heteroatoms. The van der Waals surface area contributed by atoms with Crippen molar-refractivity contribution in [2.75, 3.05) is 13.2 Å². The lowest BCUT2D eigenvalue weighted by Crippen LogP contribution is -2.45. The highest BCUT2D eigenvalue weighted by molar-refractivity contribution is 5.97. The van der Waals surface area contributed by atoms with Gasteiger partial charge in [-0.2, -0.15) is 0 Å². The zero-order valence-corrected chi connectivity index (χ0v) is 8.99. The summed E-state index contributed by atoms with van der Waals surface area (Å²) in [6, 6.07) is 0. The van der Waals surface area contributed by atoms with Gasteiger partial charge in [-0.05, 0) is 18.4 Å². The SMILES string of the molecule is CC12CCC3(C[C@@H]1C=CC2=O)OCCO3. The summed E-state index contributed by atoms with van der Waals surface area (Å²) in [6.07, 6.45) is 6.34. The number of carbonyl (C=O) groups excluding carboxylic acids is 1. The van der Waals surface area contributed by atoms with E-state index < -0.39 is 0 Å². The van der Waals surface area contributed by atoms with Crippen molar-refractivity contribution in [3.05, 3.63) is 12.2 Å². The van der Waals surface area contributed by atoms with E-state index in [1.807, 2.05) is 6.08 Å². The lowest BCUT2D eigenvalue weighted by atomic mass is 9.66. The lowest BCUT2D eigenvalue weighted by Gasteiger charge is -2.43. The minimum atomic E-state index is -0.376. The molecule has 0 bridgehead atoms. The molecule has 2 aliphatic carbocycles. The van der Waals surface area contributed by atoms with Gasteiger partial charge in [0.15, 0.2) is 11.6 Å². The minimum absolute atomic E-state index is 0.180. The highest BCUT2D eigenvalue weighted by Crippen LogP contribution is 2.51. The first-order valence-corrected chi connectivity index (χ1v) is 5.65. The van der Waals surface area contributed by atoms with Crippen molar-refractivity contribution >= 4 is 5.78 Å². The Morgan fingerprint density at radius 2 is 2.07 bits per heavy atom. The lowest BCUT2D eigenvalue weighted by molar-refractivity contribution is -0.198. The first-order chi connectivity index (χ1) is 7.15.